The standard InChI is InChI=1S/C16H20FNOS/c1-13-7-10-20-16(13)12-18(8-4-9-19)11-14-5-2-3-6-15(14)17/h2-3,5-7,10,19H,4,8-9,11-12H2,1H3. The molecule has 2 nitrogen and oxygen atoms in total. The molecule has 0 bridgehead atoms. The van der Waals surface area contributed by atoms with Crippen LogP contribution >= 0.6 is 11.3 Å². The minimum atomic E-state index is -0.163. The van der Waals surface area contributed by atoms with Gasteiger partial charge in [0.1, 0.15) is 5.82 Å². The van der Waals surface area contributed by atoms with Gasteiger partial charge in [0.15, 0.2) is 0 Å². The van der Waals surface area contributed by atoms with Gasteiger partial charge in [0.2, 0.25) is 0 Å². The molecule has 108 valence electrons. The average Bonchev–Trinajstić information content (AvgIpc) is 2.84. The Morgan fingerprint density at radius 2 is 2.00 bits per heavy atom. The Labute approximate surface area is 123 Å². The van der Waals surface area contributed by atoms with Crippen LogP contribution in [0.2, 0.25) is 0 Å². The Morgan fingerprint density at radius 1 is 1.20 bits per heavy atom. The van der Waals surface area contributed by atoms with Crippen molar-refractivity contribution in [2.45, 2.75) is 26.4 Å². The van der Waals surface area contributed by atoms with Crippen LogP contribution < -0.4 is 0 Å². The lowest BCUT2D eigenvalue weighted by Gasteiger charge is -2.22. The van der Waals surface area contributed by atoms with Gasteiger partial charge in [0.25, 0.3) is 0 Å². The number of nitrogens with zero attached hydrogens (tertiary/aromatic N) is 1. The van der Waals surface area contributed by atoms with Crippen molar-refractivity contribution < 1.29 is 9.50 Å². The Bertz CT molecular complexity index is 541. The van der Waals surface area contributed by atoms with Gasteiger partial charge in [-0.15, -0.1) is 11.3 Å². The van der Waals surface area contributed by atoms with Crippen molar-refractivity contribution in [1.82, 2.24) is 4.90 Å². The van der Waals surface area contributed by atoms with Gasteiger partial charge in [0, 0.05) is 36.7 Å². The van der Waals surface area contributed by atoms with E-state index in [1.165, 1.54) is 16.5 Å². The molecule has 0 unspecified atom stereocenters. The van der Waals surface area contributed by atoms with Crippen molar-refractivity contribution in [3.63, 3.8) is 0 Å². The number of hydrogen-bond donors (Lipinski definition) is 1. The summed E-state index contributed by atoms with van der Waals surface area (Å²) in [5.74, 6) is -0.163. The zero-order valence-corrected chi connectivity index (χ0v) is 12.5. The summed E-state index contributed by atoms with van der Waals surface area (Å²) in [5.41, 5.74) is 1.98. The van der Waals surface area contributed by atoms with Crippen molar-refractivity contribution in [1.29, 1.82) is 0 Å². The lowest BCUT2D eigenvalue weighted by Crippen LogP contribution is -2.25. The van der Waals surface area contributed by atoms with E-state index in [0.717, 1.165) is 13.1 Å². The lowest BCUT2D eigenvalue weighted by atomic mass is 10.2. The molecule has 0 radical (unpaired) electrons. The van der Waals surface area contributed by atoms with Crippen molar-refractivity contribution in [2.24, 2.45) is 0 Å². The molecule has 0 spiro atoms. The fraction of sp³-hybridized carbons (Fsp3) is 0.375. The van der Waals surface area contributed by atoms with Crippen LogP contribution in [-0.2, 0) is 13.1 Å². The summed E-state index contributed by atoms with van der Waals surface area (Å²) in [5, 5.41) is 11.1. The molecule has 0 amide bonds. The van der Waals surface area contributed by atoms with Crippen molar-refractivity contribution in [3.8, 4) is 0 Å². The molecule has 0 fully saturated rings. The van der Waals surface area contributed by atoms with Crippen LogP contribution in [0.25, 0.3) is 0 Å². The average molecular weight is 293 g/mol. The lowest BCUT2D eigenvalue weighted by molar-refractivity contribution is 0.212. The van der Waals surface area contributed by atoms with Crippen molar-refractivity contribution in [3.05, 3.63) is 57.5 Å². The normalized spacial score (nSPS) is 11.2. The summed E-state index contributed by atoms with van der Waals surface area (Å²) in [6, 6.07) is 8.99. The molecular formula is C16H20FNOS. The van der Waals surface area contributed by atoms with E-state index in [0.29, 0.717) is 18.5 Å². The van der Waals surface area contributed by atoms with Gasteiger partial charge in [-0.1, -0.05) is 18.2 Å². The predicted molar refractivity (Wildman–Crippen MR) is 81.3 cm³/mol. The highest BCUT2D eigenvalue weighted by molar-refractivity contribution is 7.10. The third kappa shape index (κ3) is 4.13. The fourth-order valence-corrected chi connectivity index (χ4v) is 3.09. The molecule has 0 atom stereocenters. The first-order valence-electron chi connectivity index (χ1n) is 6.80. The summed E-state index contributed by atoms with van der Waals surface area (Å²) in [7, 11) is 0. The molecule has 0 saturated carbocycles. The number of rotatable bonds is 7. The number of halogens is 1. The first-order chi connectivity index (χ1) is 9.70. The molecule has 1 N–H and O–H groups in total. The highest BCUT2D eigenvalue weighted by Gasteiger charge is 2.11. The van der Waals surface area contributed by atoms with E-state index in [-0.39, 0.29) is 12.4 Å². The van der Waals surface area contributed by atoms with Crippen LogP contribution in [0.15, 0.2) is 35.7 Å². The van der Waals surface area contributed by atoms with E-state index in [1.807, 2.05) is 12.1 Å². The van der Waals surface area contributed by atoms with Crippen LogP contribution in [0.3, 0.4) is 0 Å². The van der Waals surface area contributed by atoms with Crippen LogP contribution in [0.5, 0.6) is 0 Å². The van der Waals surface area contributed by atoms with Gasteiger partial charge < -0.3 is 5.11 Å². The van der Waals surface area contributed by atoms with Gasteiger partial charge in [-0.05, 0) is 36.4 Å². The maximum absolute atomic E-state index is 13.8. The number of aliphatic hydroxyl groups is 1. The second-order valence-corrected chi connectivity index (χ2v) is 5.91. The predicted octanol–water partition coefficient (Wildman–Crippen LogP) is 3.58. The fourth-order valence-electron chi connectivity index (χ4n) is 2.15. The molecule has 1 aromatic heterocycles. The third-order valence-electron chi connectivity index (χ3n) is 3.32. The van der Waals surface area contributed by atoms with E-state index in [2.05, 4.69) is 23.3 Å². The molecule has 20 heavy (non-hydrogen) atoms. The quantitative estimate of drug-likeness (QED) is 0.843. The molecular weight excluding hydrogens is 273 g/mol. The Kier molecular flexibility index (Phi) is 5.71. The van der Waals surface area contributed by atoms with Crippen LogP contribution in [0.1, 0.15) is 22.4 Å². The number of aliphatic hydroxyl groups excluding tert-OH is 1. The van der Waals surface area contributed by atoms with Gasteiger partial charge in [-0.25, -0.2) is 4.39 Å². The van der Waals surface area contributed by atoms with Crippen LogP contribution in [0, 0.1) is 12.7 Å². The SMILES string of the molecule is Cc1ccsc1CN(CCCO)Cc1ccccc1F. The van der Waals surface area contributed by atoms with Crippen LogP contribution in [-0.4, -0.2) is 23.2 Å². The summed E-state index contributed by atoms with van der Waals surface area (Å²) < 4.78 is 13.8. The molecule has 0 aliphatic carbocycles. The Morgan fingerprint density at radius 3 is 2.65 bits per heavy atom. The molecule has 2 rings (SSSR count). The molecule has 1 aromatic carbocycles. The molecule has 4 heteroatoms. The van der Waals surface area contributed by atoms with E-state index < -0.39 is 0 Å². The Balaban J connectivity index is 2.07. The number of benzene rings is 1. The highest BCUT2D eigenvalue weighted by Crippen LogP contribution is 2.20. The number of aryl methyl sites for hydroxylation is 1. The first kappa shape index (κ1) is 15.2. The molecule has 2 aromatic rings. The van der Waals surface area contributed by atoms with E-state index in [1.54, 1.807) is 17.4 Å². The second-order valence-electron chi connectivity index (χ2n) is 4.91. The number of thiophene rings is 1. The van der Waals surface area contributed by atoms with E-state index >= 15 is 0 Å². The minimum absolute atomic E-state index is 0.163. The maximum Gasteiger partial charge on any atom is 0.127 e. The van der Waals surface area contributed by atoms with Gasteiger partial charge in [-0.3, -0.25) is 4.90 Å². The van der Waals surface area contributed by atoms with Gasteiger partial charge in [-0.2, -0.15) is 0 Å². The first-order valence-corrected chi connectivity index (χ1v) is 7.68. The molecule has 0 aliphatic heterocycles. The molecule has 0 aliphatic rings. The van der Waals surface area contributed by atoms with Gasteiger partial charge in [0.05, 0.1) is 0 Å². The zero-order valence-electron chi connectivity index (χ0n) is 11.7. The van der Waals surface area contributed by atoms with Crippen molar-refractivity contribution >= 4 is 11.3 Å². The topological polar surface area (TPSA) is 23.5 Å². The monoisotopic (exact) mass is 293 g/mol. The smallest absolute Gasteiger partial charge is 0.127 e. The molecule has 1 heterocycles. The Hall–Kier alpha value is -1.23. The maximum atomic E-state index is 13.8. The van der Waals surface area contributed by atoms with E-state index in [9.17, 15) is 4.39 Å². The minimum Gasteiger partial charge on any atom is -0.396 e. The molecule has 0 saturated heterocycles. The summed E-state index contributed by atoms with van der Waals surface area (Å²) in [6.07, 6.45) is 0.707. The summed E-state index contributed by atoms with van der Waals surface area (Å²) in [6.45, 7) is 4.40. The summed E-state index contributed by atoms with van der Waals surface area (Å²) >= 11 is 1.73. The zero-order chi connectivity index (χ0) is 14.4. The second kappa shape index (κ2) is 7.53. The van der Waals surface area contributed by atoms with Crippen molar-refractivity contribution in [2.75, 3.05) is 13.2 Å². The number of hydrogen-bond acceptors (Lipinski definition) is 3. The third-order valence-corrected chi connectivity index (χ3v) is 4.33. The van der Waals surface area contributed by atoms with Gasteiger partial charge >= 0.3 is 0 Å². The summed E-state index contributed by atoms with van der Waals surface area (Å²) in [4.78, 5) is 3.49. The van der Waals surface area contributed by atoms with Crippen LogP contribution in [0.4, 0.5) is 4.39 Å². The van der Waals surface area contributed by atoms with E-state index in [4.69, 9.17) is 5.11 Å². The largest absolute Gasteiger partial charge is 0.396 e. The highest BCUT2D eigenvalue weighted by atomic mass is 32.1.